The normalized spacial score (nSPS) is 30.6. The van der Waals surface area contributed by atoms with Gasteiger partial charge in [0.05, 0.1) is 10.8 Å². The summed E-state index contributed by atoms with van der Waals surface area (Å²) in [5, 5.41) is 5.30. The molecule has 0 aromatic heterocycles. The minimum atomic E-state index is -0.202. The minimum Gasteiger partial charge on any atom is -0.357 e. The minimum absolute atomic E-state index is 0.189. The second kappa shape index (κ2) is 6.41. The van der Waals surface area contributed by atoms with Crippen molar-refractivity contribution < 1.29 is 9.59 Å². The molecule has 3 fully saturated rings. The summed E-state index contributed by atoms with van der Waals surface area (Å²) in [6, 6.07) is 0. The maximum atomic E-state index is 12.7. The summed E-state index contributed by atoms with van der Waals surface area (Å²) >= 11 is 2.27. The van der Waals surface area contributed by atoms with Gasteiger partial charge in [0.2, 0.25) is 44.4 Å². The van der Waals surface area contributed by atoms with Crippen LogP contribution in [0.3, 0.4) is 0 Å². The van der Waals surface area contributed by atoms with E-state index in [1.54, 1.807) is 0 Å². The zero-order valence-corrected chi connectivity index (χ0v) is 17.1. The molecular weight excluding hydrogens is 282 g/mol. The van der Waals surface area contributed by atoms with Crippen LogP contribution >= 0.6 is 0 Å². The summed E-state index contributed by atoms with van der Waals surface area (Å²) in [7, 11) is 0. The van der Waals surface area contributed by atoms with Crippen LogP contribution in [0.1, 0.15) is 32.6 Å². The number of nitrogens with one attached hydrogen (secondary N) is 1. The van der Waals surface area contributed by atoms with Crippen LogP contribution < -0.4 is 5.32 Å². The number of hydrogen-bond acceptors (Lipinski definition) is 2. The number of rotatable bonds is 7. The molecule has 20 heavy (non-hydrogen) atoms. The van der Waals surface area contributed by atoms with Gasteiger partial charge in [0.1, 0.15) is 0 Å². The molecule has 0 aromatic carbocycles. The summed E-state index contributed by atoms with van der Waals surface area (Å²) in [5.74, 6) is 0.528. The quantitative estimate of drug-likeness (QED) is 0.652. The summed E-state index contributed by atoms with van der Waals surface area (Å²) in [6.07, 6.45) is 3.41. The maximum Gasteiger partial charge on any atom is 0.228 e. The monoisotopic (exact) mass is 308 g/mol. The van der Waals surface area contributed by atoms with Gasteiger partial charge in [0, 0.05) is 19.6 Å². The Bertz CT molecular complexity index is 395. The topological polar surface area (TPSA) is 49.4 Å². The molecule has 0 aliphatic heterocycles. The van der Waals surface area contributed by atoms with Gasteiger partial charge < -0.3 is 10.2 Å². The SMILES string of the molecule is CCN(C[CH2][AlH2])C(=O)C12CCC(C(=O)NC[CH2][AlH2])(C1)C2. The zero-order chi connectivity index (χ0) is 14.8. The molecule has 3 rings (SSSR count). The lowest BCUT2D eigenvalue weighted by atomic mass is 9.59. The average Bonchev–Trinajstić information content (AvgIpc) is 2.98. The van der Waals surface area contributed by atoms with Crippen molar-refractivity contribution in [3.8, 4) is 0 Å². The fourth-order valence-electron chi connectivity index (χ4n) is 4.04. The molecule has 0 unspecified atom stereocenters. The Kier molecular flexibility index (Phi) is 5.25. The number of carbonyl (C=O) groups excluding carboxylic acids is 2. The first-order valence-corrected chi connectivity index (χ1v) is 10.9. The Morgan fingerprint density at radius 1 is 1.15 bits per heavy atom. The van der Waals surface area contributed by atoms with Gasteiger partial charge >= 0.3 is 0 Å². The third-order valence-electron chi connectivity index (χ3n) is 5.07. The van der Waals surface area contributed by atoms with Gasteiger partial charge in [-0.25, -0.2) is 0 Å². The third kappa shape index (κ3) is 2.69. The number of fused-ring (bicyclic) bond motifs is 1. The van der Waals surface area contributed by atoms with E-state index < -0.39 is 0 Å². The van der Waals surface area contributed by atoms with Crippen LogP contribution in [0.25, 0.3) is 0 Å². The Labute approximate surface area is 137 Å². The summed E-state index contributed by atoms with van der Waals surface area (Å²) in [4.78, 5) is 27.0. The van der Waals surface area contributed by atoms with Crippen molar-refractivity contribution >= 4 is 44.4 Å². The molecule has 0 atom stereocenters. The number of carbonyl (C=O) groups is 2. The van der Waals surface area contributed by atoms with Crippen LogP contribution in [0, 0.1) is 10.8 Å². The summed E-state index contributed by atoms with van der Waals surface area (Å²) in [6.45, 7) is 4.59. The molecule has 0 radical (unpaired) electrons. The van der Waals surface area contributed by atoms with Gasteiger partial charge in [-0.2, -0.15) is 0 Å². The standard InChI is InChI=1S/C14H22N2O2.2Al.4H/c1-4-15-11(17)13-7-8-14(9-13,10-13)12(18)16(5-2)6-3;;;;;;/h1-2,4-10H2,3H3,(H,15,17);;;;;;. The largest absolute Gasteiger partial charge is 0.357 e. The highest BCUT2D eigenvalue weighted by Crippen LogP contribution is 2.67. The Balaban J connectivity index is 1.98. The van der Waals surface area contributed by atoms with Gasteiger partial charge in [0.25, 0.3) is 0 Å². The first-order valence-electron chi connectivity index (χ1n) is 8.11. The predicted octanol–water partition coefficient (Wildman–Crippen LogP) is -0.386. The lowest BCUT2D eigenvalue weighted by molar-refractivity contribution is -0.154. The van der Waals surface area contributed by atoms with Crippen LogP contribution in [-0.2, 0) is 9.59 Å². The van der Waals surface area contributed by atoms with E-state index >= 15 is 0 Å². The van der Waals surface area contributed by atoms with Crippen LogP contribution in [0.4, 0.5) is 0 Å². The fourth-order valence-corrected chi connectivity index (χ4v) is 4.83. The van der Waals surface area contributed by atoms with Gasteiger partial charge in [0.15, 0.2) is 0 Å². The van der Waals surface area contributed by atoms with Crippen LogP contribution in [0.15, 0.2) is 0 Å². The van der Waals surface area contributed by atoms with E-state index in [4.69, 9.17) is 0 Å². The van der Waals surface area contributed by atoms with Crippen molar-refractivity contribution in [2.75, 3.05) is 19.6 Å². The molecule has 6 heteroatoms. The Morgan fingerprint density at radius 3 is 2.35 bits per heavy atom. The fraction of sp³-hybridized carbons (Fsp3) is 0.857. The average molecular weight is 308 g/mol. The lowest BCUT2D eigenvalue weighted by Gasteiger charge is -2.47. The van der Waals surface area contributed by atoms with Gasteiger partial charge in [-0.05, 0) is 32.6 Å². The number of hydrogen-bond donors (Lipinski definition) is 1. The molecule has 1 N–H and O–H groups in total. The van der Waals surface area contributed by atoms with Crippen molar-refractivity contribution in [3.63, 3.8) is 0 Å². The first kappa shape index (κ1) is 16.4. The molecule has 0 saturated heterocycles. The van der Waals surface area contributed by atoms with Crippen molar-refractivity contribution in [1.29, 1.82) is 0 Å². The van der Waals surface area contributed by atoms with E-state index in [-0.39, 0.29) is 16.7 Å². The summed E-state index contributed by atoms with van der Waals surface area (Å²) in [5.41, 5.74) is -0.391. The highest BCUT2D eigenvalue weighted by Gasteiger charge is 2.67. The molecular formula is C14H26Al2N2O2. The molecule has 3 aliphatic rings. The summed E-state index contributed by atoms with van der Waals surface area (Å²) < 4.78 is 0. The smallest absolute Gasteiger partial charge is 0.228 e. The van der Waals surface area contributed by atoms with E-state index in [9.17, 15) is 9.59 Å². The van der Waals surface area contributed by atoms with Crippen LogP contribution in [-0.4, -0.2) is 68.9 Å². The molecule has 3 aliphatic carbocycles. The van der Waals surface area contributed by atoms with E-state index in [1.165, 1.54) is 0 Å². The molecule has 0 spiro atoms. The molecule has 4 nitrogen and oxygen atoms in total. The lowest BCUT2D eigenvalue weighted by Crippen LogP contribution is -2.55. The van der Waals surface area contributed by atoms with Crippen LogP contribution in [0.5, 0.6) is 0 Å². The highest BCUT2D eigenvalue weighted by molar-refractivity contribution is 6.09. The number of amides is 2. The van der Waals surface area contributed by atoms with E-state index in [1.807, 2.05) is 4.90 Å². The van der Waals surface area contributed by atoms with Crippen molar-refractivity contribution in [2.45, 2.75) is 43.2 Å². The molecule has 2 bridgehead atoms. The Hall–Kier alpha value is 0.00494. The molecule has 3 saturated carbocycles. The van der Waals surface area contributed by atoms with Gasteiger partial charge in [-0.1, -0.05) is 10.6 Å². The maximum absolute atomic E-state index is 12.7. The molecule has 110 valence electrons. The number of nitrogens with zero attached hydrogens (tertiary/aromatic N) is 1. The molecule has 0 aromatic rings. The van der Waals surface area contributed by atoms with Crippen molar-refractivity contribution in [3.05, 3.63) is 0 Å². The predicted molar refractivity (Wildman–Crippen MR) is 85.3 cm³/mol. The van der Waals surface area contributed by atoms with Gasteiger partial charge in [-0.15, -0.1) is 0 Å². The van der Waals surface area contributed by atoms with E-state index in [2.05, 4.69) is 12.2 Å². The molecule has 0 heterocycles. The van der Waals surface area contributed by atoms with Crippen molar-refractivity contribution in [2.24, 2.45) is 10.8 Å². The molecule has 2 amide bonds. The highest BCUT2D eigenvalue weighted by atomic mass is 27.0. The van der Waals surface area contributed by atoms with Crippen molar-refractivity contribution in [1.82, 2.24) is 10.2 Å². The van der Waals surface area contributed by atoms with E-state index in [0.29, 0.717) is 5.91 Å². The second-order valence-corrected chi connectivity index (χ2v) is 8.55. The zero-order valence-electron chi connectivity index (χ0n) is 13.1. The third-order valence-corrected chi connectivity index (χ3v) is 6.02. The second-order valence-electron chi connectivity index (χ2n) is 6.55. The van der Waals surface area contributed by atoms with Crippen LogP contribution in [0.2, 0.25) is 10.6 Å². The Morgan fingerprint density at radius 2 is 1.80 bits per heavy atom. The van der Waals surface area contributed by atoms with Gasteiger partial charge in [-0.3, -0.25) is 9.59 Å². The first-order chi connectivity index (χ1) is 9.53. The van der Waals surface area contributed by atoms with E-state index in [0.717, 1.165) is 88.5 Å².